The first-order valence-electron chi connectivity index (χ1n) is 9.57. The van der Waals surface area contributed by atoms with Crippen LogP contribution in [0, 0.1) is 0 Å². The molecular weight excluding hydrogens is 436 g/mol. The maximum absolute atomic E-state index is 13.2. The molecular formula is C22H25Cl2F3N2O. The van der Waals surface area contributed by atoms with E-state index in [1.807, 2.05) is 37.4 Å². The number of alkyl halides is 3. The molecule has 1 aliphatic rings. The van der Waals surface area contributed by atoms with Crippen molar-refractivity contribution in [1.82, 2.24) is 10.2 Å². The van der Waals surface area contributed by atoms with Crippen LogP contribution >= 0.6 is 24.0 Å². The number of piperidine rings is 1. The molecule has 0 aliphatic carbocycles. The fourth-order valence-electron chi connectivity index (χ4n) is 4.02. The van der Waals surface area contributed by atoms with Crippen LogP contribution < -0.4 is 5.32 Å². The first kappa shape index (κ1) is 24.5. The molecule has 8 heteroatoms. The smallest absolute Gasteiger partial charge is 0.343 e. The molecule has 30 heavy (non-hydrogen) atoms. The maximum Gasteiger partial charge on any atom is 0.417 e. The Kier molecular flexibility index (Phi) is 7.83. The molecule has 2 aromatic rings. The predicted octanol–water partition coefficient (Wildman–Crippen LogP) is 6.13. The normalized spacial score (nSPS) is 20.9. The molecule has 3 rings (SSSR count). The summed E-state index contributed by atoms with van der Waals surface area (Å²) in [5.74, 6) is -0.616. The highest BCUT2D eigenvalue weighted by molar-refractivity contribution is 6.34. The van der Waals surface area contributed by atoms with Crippen LogP contribution in [0.4, 0.5) is 13.2 Å². The van der Waals surface area contributed by atoms with Gasteiger partial charge in [-0.2, -0.15) is 13.2 Å². The summed E-state index contributed by atoms with van der Waals surface area (Å²) >= 11 is 5.98. The number of nitrogens with zero attached hydrogens (tertiary/aromatic N) is 1. The van der Waals surface area contributed by atoms with Crippen molar-refractivity contribution in [3.05, 3.63) is 70.2 Å². The van der Waals surface area contributed by atoms with Crippen molar-refractivity contribution in [2.24, 2.45) is 0 Å². The maximum atomic E-state index is 13.2. The third-order valence-corrected chi connectivity index (χ3v) is 6.28. The number of likely N-dealkylation sites (N-methyl/N-ethyl adjacent to an activating group) is 1. The Bertz CT molecular complexity index is 876. The number of hydrogen-bond donors (Lipinski definition) is 1. The van der Waals surface area contributed by atoms with Gasteiger partial charge in [0.25, 0.3) is 5.91 Å². The average molecular weight is 461 g/mol. The number of amides is 1. The van der Waals surface area contributed by atoms with Gasteiger partial charge in [-0.25, -0.2) is 0 Å². The molecule has 164 valence electrons. The molecule has 0 saturated carbocycles. The highest BCUT2D eigenvalue weighted by Crippen LogP contribution is 2.39. The highest BCUT2D eigenvalue weighted by Gasteiger charge is 2.42. The quantitative estimate of drug-likeness (QED) is 0.595. The van der Waals surface area contributed by atoms with Crippen molar-refractivity contribution in [2.45, 2.75) is 43.9 Å². The minimum Gasteiger partial charge on any atom is -0.343 e. The standard InChI is InChI=1S/C22H24ClF3N2O.ClH/c1-21(13-6-7-14-28(21)2)19(15-9-4-3-5-10-15)27-20(29)16-11-8-12-17(18(16)23)22(24,25)26;/h3-5,8-12,19H,6-7,13-14H2,1-2H3,(H,27,29);1H. The molecule has 2 atom stereocenters. The molecule has 3 nitrogen and oxygen atoms in total. The zero-order valence-electron chi connectivity index (χ0n) is 16.8. The summed E-state index contributed by atoms with van der Waals surface area (Å²) in [6.45, 7) is 2.97. The Morgan fingerprint density at radius 3 is 2.40 bits per heavy atom. The third kappa shape index (κ3) is 4.93. The number of carbonyl (C=O) groups excluding carboxylic acids is 1. The third-order valence-electron chi connectivity index (χ3n) is 5.88. The van der Waals surface area contributed by atoms with Gasteiger partial charge < -0.3 is 5.32 Å². The van der Waals surface area contributed by atoms with E-state index in [4.69, 9.17) is 11.6 Å². The largest absolute Gasteiger partial charge is 0.417 e. The number of rotatable bonds is 4. The van der Waals surface area contributed by atoms with Gasteiger partial charge in [-0.3, -0.25) is 9.69 Å². The predicted molar refractivity (Wildman–Crippen MR) is 115 cm³/mol. The Balaban J connectivity index is 0.00000320. The van der Waals surface area contributed by atoms with Gasteiger partial charge >= 0.3 is 6.18 Å². The summed E-state index contributed by atoms with van der Waals surface area (Å²) < 4.78 is 39.6. The molecule has 1 N–H and O–H groups in total. The Hall–Kier alpha value is -1.76. The van der Waals surface area contributed by atoms with Crippen LogP contribution in [0.3, 0.4) is 0 Å². The van der Waals surface area contributed by atoms with Crippen LogP contribution in [0.1, 0.15) is 53.7 Å². The van der Waals surface area contributed by atoms with E-state index in [1.54, 1.807) is 0 Å². The van der Waals surface area contributed by atoms with E-state index in [1.165, 1.54) is 12.1 Å². The molecule has 1 fully saturated rings. The van der Waals surface area contributed by atoms with Crippen LogP contribution in [0.25, 0.3) is 0 Å². The lowest BCUT2D eigenvalue weighted by Gasteiger charge is -2.48. The lowest BCUT2D eigenvalue weighted by Crippen LogP contribution is -2.56. The van der Waals surface area contributed by atoms with E-state index in [2.05, 4.69) is 17.1 Å². The lowest BCUT2D eigenvalue weighted by molar-refractivity contribution is -0.137. The van der Waals surface area contributed by atoms with Gasteiger partial charge in [0.05, 0.1) is 22.2 Å². The molecule has 0 bridgehead atoms. The van der Waals surface area contributed by atoms with Crippen LogP contribution in [0.5, 0.6) is 0 Å². The summed E-state index contributed by atoms with van der Waals surface area (Å²) in [4.78, 5) is 15.2. The highest BCUT2D eigenvalue weighted by atomic mass is 35.5. The van der Waals surface area contributed by atoms with Gasteiger partial charge in [0, 0.05) is 5.54 Å². The van der Waals surface area contributed by atoms with Crippen molar-refractivity contribution in [2.75, 3.05) is 13.6 Å². The molecule has 1 saturated heterocycles. The van der Waals surface area contributed by atoms with E-state index in [9.17, 15) is 18.0 Å². The van der Waals surface area contributed by atoms with Crippen LogP contribution in [0.15, 0.2) is 48.5 Å². The van der Waals surface area contributed by atoms with Gasteiger partial charge in [0.1, 0.15) is 0 Å². The van der Waals surface area contributed by atoms with Crippen molar-refractivity contribution in [1.29, 1.82) is 0 Å². The Labute approximate surface area is 186 Å². The van der Waals surface area contributed by atoms with Crippen molar-refractivity contribution in [3.8, 4) is 0 Å². The number of hydrogen-bond acceptors (Lipinski definition) is 2. The van der Waals surface area contributed by atoms with Crippen molar-refractivity contribution in [3.63, 3.8) is 0 Å². The van der Waals surface area contributed by atoms with Gasteiger partial charge in [-0.1, -0.05) is 54.4 Å². The topological polar surface area (TPSA) is 32.3 Å². The second-order valence-electron chi connectivity index (χ2n) is 7.72. The first-order valence-corrected chi connectivity index (χ1v) is 9.95. The van der Waals surface area contributed by atoms with E-state index in [-0.39, 0.29) is 23.5 Å². The zero-order valence-corrected chi connectivity index (χ0v) is 18.4. The second kappa shape index (κ2) is 9.58. The fraction of sp³-hybridized carbons (Fsp3) is 0.409. The van der Waals surface area contributed by atoms with Crippen LogP contribution in [-0.4, -0.2) is 29.9 Å². The second-order valence-corrected chi connectivity index (χ2v) is 8.10. The first-order chi connectivity index (χ1) is 13.6. The molecule has 1 aliphatic heterocycles. The van der Waals surface area contributed by atoms with E-state index in [0.29, 0.717) is 0 Å². The molecule has 0 spiro atoms. The SMILES string of the molecule is CN1CCCCC1(C)C(NC(=O)c1cccc(C(F)(F)F)c1Cl)c1ccccc1.Cl. The summed E-state index contributed by atoms with van der Waals surface area (Å²) in [5.41, 5.74) is -0.655. The number of nitrogens with one attached hydrogen (secondary N) is 1. The molecule has 1 amide bonds. The van der Waals surface area contributed by atoms with Crippen LogP contribution in [-0.2, 0) is 6.18 Å². The summed E-state index contributed by atoms with van der Waals surface area (Å²) in [6, 6.07) is 12.5. The Morgan fingerprint density at radius 1 is 1.13 bits per heavy atom. The molecule has 2 aromatic carbocycles. The van der Waals surface area contributed by atoms with Gasteiger partial charge in [0.15, 0.2) is 0 Å². The van der Waals surface area contributed by atoms with Gasteiger partial charge in [-0.05, 0) is 51.1 Å². The minimum absolute atomic E-state index is 0. The van der Waals surface area contributed by atoms with E-state index >= 15 is 0 Å². The average Bonchev–Trinajstić information content (AvgIpc) is 2.68. The summed E-state index contributed by atoms with van der Waals surface area (Å²) in [7, 11) is 2.01. The number of likely N-dealkylation sites (tertiary alicyclic amines) is 1. The Morgan fingerprint density at radius 2 is 1.80 bits per heavy atom. The molecule has 1 heterocycles. The molecule has 0 radical (unpaired) electrons. The number of benzene rings is 2. The molecule has 2 unspecified atom stereocenters. The number of carbonyl (C=O) groups is 1. The lowest BCUT2D eigenvalue weighted by atomic mass is 9.79. The van der Waals surface area contributed by atoms with Gasteiger partial charge in [-0.15, -0.1) is 12.4 Å². The van der Waals surface area contributed by atoms with Crippen molar-refractivity contribution < 1.29 is 18.0 Å². The summed E-state index contributed by atoms with van der Waals surface area (Å²) in [5, 5.41) is 2.40. The monoisotopic (exact) mass is 460 g/mol. The minimum atomic E-state index is -4.62. The van der Waals surface area contributed by atoms with E-state index in [0.717, 1.165) is 37.4 Å². The fourth-order valence-corrected chi connectivity index (χ4v) is 4.34. The van der Waals surface area contributed by atoms with Gasteiger partial charge in [0.2, 0.25) is 0 Å². The summed E-state index contributed by atoms with van der Waals surface area (Å²) in [6.07, 6.45) is -1.67. The van der Waals surface area contributed by atoms with E-state index < -0.39 is 28.7 Å². The van der Waals surface area contributed by atoms with Crippen LogP contribution in [0.2, 0.25) is 5.02 Å². The van der Waals surface area contributed by atoms with Crippen molar-refractivity contribution >= 4 is 29.9 Å². The number of halogens is 5. The zero-order chi connectivity index (χ0) is 21.2. The molecule has 0 aromatic heterocycles.